The lowest BCUT2D eigenvalue weighted by Gasteiger charge is -2.27. The summed E-state index contributed by atoms with van der Waals surface area (Å²) in [7, 11) is 0. The number of carbonyl (C=O) groups excluding carboxylic acids is 2. The van der Waals surface area contributed by atoms with Gasteiger partial charge in [0.25, 0.3) is 5.91 Å². The molecule has 0 radical (unpaired) electrons. The fourth-order valence-electron chi connectivity index (χ4n) is 5.24. The summed E-state index contributed by atoms with van der Waals surface area (Å²) in [6.45, 7) is 4.43. The van der Waals surface area contributed by atoms with Crippen LogP contribution in [0.4, 0.5) is 18.9 Å². The van der Waals surface area contributed by atoms with Crippen LogP contribution in [0.1, 0.15) is 34.2 Å². The summed E-state index contributed by atoms with van der Waals surface area (Å²) in [5.41, 5.74) is 1.60. The van der Waals surface area contributed by atoms with Gasteiger partial charge < -0.3 is 14.7 Å². The molecule has 0 saturated carbocycles. The fourth-order valence-corrected chi connectivity index (χ4v) is 5.24. The number of para-hydroxylation sites is 1. The normalized spacial score (nSPS) is 22.8. The first-order valence-corrected chi connectivity index (χ1v) is 10.7. The number of nitrogens with zero attached hydrogens (tertiary/aromatic N) is 4. The van der Waals surface area contributed by atoms with Crippen molar-refractivity contribution in [1.29, 1.82) is 0 Å². The molecule has 1 N–H and O–H groups in total. The summed E-state index contributed by atoms with van der Waals surface area (Å²) in [5.74, 6) is 0.0159. The van der Waals surface area contributed by atoms with Crippen molar-refractivity contribution in [3.63, 3.8) is 0 Å². The number of H-pyrrole nitrogens is 1. The number of likely N-dealkylation sites (tertiary alicyclic amines) is 1. The van der Waals surface area contributed by atoms with Gasteiger partial charge in [-0.2, -0.15) is 18.3 Å². The van der Waals surface area contributed by atoms with Crippen LogP contribution in [-0.2, 0) is 23.9 Å². The Morgan fingerprint density at radius 3 is 2.41 bits per heavy atom. The number of alkyl halides is 3. The average molecular weight is 447 g/mol. The molecule has 0 aliphatic carbocycles. The van der Waals surface area contributed by atoms with E-state index in [9.17, 15) is 22.8 Å². The number of fused-ring (bicyclic) bond motifs is 2. The highest BCUT2D eigenvalue weighted by Crippen LogP contribution is 2.41. The van der Waals surface area contributed by atoms with Gasteiger partial charge in [0.1, 0.15) is 0 Å². The van der Waals surface area contributed by atoms with Crippen molar-refractivity contribution in [1.82, 2.24) is 20.0 Å². The number of aromatic nitrogens is 2. The molecular weight excluding hydrogens is 423 g/mol. The summed E-state index contributed by atoms with van der Waals surface area (Å²) in [6.07, 6.45) is -3.77. The van der Waals surface area contributed by atoms with E-state index in [4.69, 9.17) is 0 Å². The second kappa shape index (κ2) is 7.53. The van der Waals surface area contributed by atoms with E-state index < -0.39 is 11.7 Å². The van der Waals surface area contributed by atoms with Crippen molar-refractivity contribution >= 4 is 17.5 Å². The molecule has 0 spiro atoms. The largest absolute Gasteiger partial charge is 0.418 e. The summed E-state index contributed by atoms with van der Waals surface area (Å²) < 4.78 is 40.3. The Morgan fingerprint density at radius 1 is 1.06 bits per heavy atom. The van der Waals surface area contributed by atoms with E-state index in [-0.39, 0.29) is 29.3 Å². The average Bonchev–Trinajstić information content (AvgIpc) is 3.45. The van der Waals surface area contributed by atoms with E-state index in [2.05, 4.69) is 10.2 Å². The Labute approximate surface area is 183 Å². The van der Waals surface area contributed by atoms with Crippen LogP contribution in [0.25, 0.3) is 0 Å². The molecule has 2 atom stereocenters. The molecule has 0 bridgehead atoms. The van der Waals surface area contributed by atoms with Crippen LogP contribution in [0.15, 0.2) is 24.3 Å². The van der Waals surface area contributed by atoms with Gasteiger partial charge in [0, 0.05) is 81.4 Å². The maximum atomic E-state index is 13.4. The van der Waals surface area contributed by atoms with Gasteiger partial charge in [-0.25, -0.2) is 0 Å². The van der Waals surface area contributed by atoms with Gasteiger partial charge >= 0.3 is 6.18 Å². The van der Waals surface area contributed by atoms with Crippen molar-refractivity contribution in [2.24, 2.45) is 11.8 Å². The number of rotatable bonds is 2. The number of amides is 2. The van der Waals surface area contributed by atoms with Crippen LogP contribution in [-0.4, -0.2) is 64.5 Å². The van der Waals surface area contributed by atoms with Gasteiger partial charge in [-0.1, -0.05) is 12.1 Å². The topological polar surface area (TPSA) is 72.5 Å². The Balaban J connectivity index is 1.29. The van der Waals surface area contributed by atoms with Crippen molar-refractivity contribution in [2.45, 2.75) is 26.1 Å². The lowest BCUT2D eigenvalue weighted by Crippen LogP contribution is -2.37. The van der Waals surface area contributed by atoms with Gasteiger partial charge in [-0.15, -0.1) is 0 Å². The smallest absolute Gasteiger partial charge is 0.370 e. The van der Waals surface area contributed by atoms with E-state index in [1.54, 1.807) is 20.8 Å². The quantitative estimate of drug-likeness (QED) is 0.768. The van der Waals surface area contributed by atoms with E-state index in [0.717, 1.165) is 17.3 Å². The molecule has 10 heteroatoms. The standard InChI is InChI=1S/C22H24F3N5O2/c1-13(31)28-7-6-18-16(12-28)20(27-26-18)21(32)30-10-14-8-29(9-15(14)11-30)19-5-3-2-4-17(19)22(23,24)25/h2-5,14-15H,6-12H2,1H3,(H,26,27)/t14-,15+. The molecule has 1 aromatic carbocycles. The maximum Gasteiger partial charge on any atom is 0.418 e. The zero-order valence-electron chi connectivity index (χ0n) is 17.7. The SMILES string of the molecule is CC(=O)N1CCc2[nH]nc(C(=O)N3C[C@@H]4CN(c5ccccc5C(F)(F)F)C[C@@H]4C3)c2C1. The first-order valence-electron chi connectivity index (χ1n) is 10.7. The zero-order valence-corrected chi connectivity index (χ0v) is 17.7. The molecule has 2 fully saturated rings. The van der Waals surface area contributed by atoms with Crippen LogP contribution in [0, 0.1) is 11.8 Å². The molecule has 3 aliphatic heterocycles. The number of benzene rings is 1. The third kappa shape index (κ3) is 3.51. The second-order valence-corrected chi connectivity index (χ2v) is 8.87. The minimum Gasteiger partial charge on any atom is -0.370 e. The first-order chi connectivity index (χ1) is 15.2. The first kappa shape index (κ1) is 20.8. The highest BCUT2D eigenvalue weighted by atomic mass is 19.4. The maximum absolute atomic E-state index is 13.4. The molecule has 2 amide bonds. The Morgan fingerprint density at radius 2 is 1.75 bits per heavy atom. The van der Waals surface area contributed by atoms with E-state index in [0.29, 0.717) is 51.4 Å². The van der Waals surface area contributed by atoms with Crippen LogP contribution >= 0.6 is 0 Å². The molecule has 2 aromatic rings. The monoisotopic (exact) mass is 447 g/mol. The number of anilines is 1. The second-order valence-electron chi connectivity index (χ2n) is 8.87. The summed E-state index contributed by atoms with van der Waals surface area (Å²) in [4.78, 5) is 30.2. The van der Waals surface area contributed by atoms with E-state index >= 15 is 0 Å². The summed E-state index contributed by atoms with van der Waals surface area (Å²) >= 11 is 0. The predicted octanol–water partition coefficient (Wildman–Crippen LogP) is 2.54. The minimum absolute atomic E-state index is 0.0369. The number of hydrogen-bond donors (Lipinski definition) is 1. The Bertz CT molecular complexity index is 1050. The highest BCUT2D eigenvalue weighted by molar-refractivity contribution is 5.94. The van der Waals surface area contributed by atoms with E-state index in [1.807, 2.05) is 0 Å². The van der Waals surface area contributed by atoms with Crippen molar-refractivity contribution in [3.05, 3.63) is 46.8 Å². The summed E-state index contributed by atoms with van der Waals surface area (Å²) in [5, 5.41) is 7.18. The number of aromatic amines is 1. The van der Waals surface area contributed by atoms with Crippen molar-refractivity contribution in [2.75, 3.05) is 37.6 Å². The van der Waals surface area contributed by atoms with Gasteiger partial charge in [-0.05, 0) is 12.1 Å². The fraction of sp³-hybridized carbons (Fsp3) is 0.500. The number of halogens is 3. The molecule has 5 rings (SSSR count). The molecule has 2 saturated heterocycles. The minimum atomic E-state index is -4.40. The lowest BCUT2D eigenvalue weighted by molar-refractivity contribution is -0.137. The third-order valence-electron chi connectivity index (χ3n) is 6.90. The zero-order chi connectivity index (χ0) is 22.6. The molecule has 7 nitrogen and oxygen atoms in total. The Kier molecular flexibility index (Phi) is 4.90. The van der Waals surface area contributed by atoms with Crippen LogP contribution in [0.3, 0.4) is 0 Å². The molecular formula is C22H24F3N5O2. The number of carbonyl (C=O) groups is 2. The van der Waals surface area contributed by atoms with Gasteiger partial charge in [0.15, 0.2) is 5.69 Å². The number of hydrogen-bond acceptors (Lipinski definition) is 4. The summed E-state index contributed by atoms with van der Waals surface area (Å²) in [6, 6.07) is 5.66. The molecule has 3 aliphatic rings. The van der Waals surface area contributed by atoms with Crippen molar-refractivity contribution < 1.29 is 22.8 Å². The van der Waals surface area contributed by atoms with E-state index in [1.165, 1.54) is 19.1 Å². The van der Waals surface area contributed by atoms with Crippen molar-refractivity contribution in [3.8, 4) is 0 Å². The van der Waals surface area contributed by atoms with Gasteiger partial charge in [0.2, 0.25) is 5.91 Å². The highest BCUT2D eigenvalue weighted by Gasteiger charge is 2.44. The van der Waals surface area contributed by atoms with Crippen LogP contribution < -0.4 is 4.90 Å². The molecule has 170 valence electrons. The number of nitrogens with one attached hydrogen (secondary N) is 1. The van der Waals surface area contributed by atoms with Gasteiger partial charge in [0.05, 0.1) is 5.56 Å². The van der Waals surface area contributed by atoms with Crippen LogP contribution in [0.2, 0.25) is 0 Å². The molecule has 0 unspecified atom stereocenters. The van der Waals surface area contributed by atoms with Gasteiger partial charge in [-0.3, -0.25) is 14.7 Å². The molecule has 32 heavy (non-hydrogen) atoms. The Hall–Kier alpha value is -3.04. The molecule has 4 heterocycles. The third-order valence-corrected chi connectivity index (χ3v) is 6.90. The predicted molar refractivity (Wildman–Crippen MR) is 110 cm³/mol. The lowest BCUT2D eigenvalue weighted by atomic mass is 10.0. The molecule has 1 aromatic heterocycles. The van der Waals surface area contributed by atoms with Crippen LogP contribution in [0.5, 0.6) is 0 Å².